The lowest BCUT2D eigenvalue weighted by atomic mass is 10.1. The lowest BCUT2D eigenvalue weighted by Gasteiger charge is -2.12. The van der Waals surface area contributed by atoms with Gasteiger partial charge in [0.15, 0.2) is 11.0 Å². The molecular weight excluding hydrogens is 430 g/mol. The SMILES string of the molecule is CCN1C(=O)/C(=C/c2ccccc2OCc2ccccc2Cl)S/C1=N/c1ccccn1. The molecule has 0 aliphatic carbocycles. The average molecular weight is 450 g/mol. The number of likely N-dealkylation sites (N-methyl/N-ethyl adjacent to an activating group) is 1. The number of benzene rings is 2. The van der Waals surface area contributed by atoms with Gasteiger partial charge in [0.1, 0.15) is 12.4 Å². The summed E-state index contributed by atoms with van der Waals surface area (Å²) in [5.41, 5.74) is 1.72. The molecule has 2 heterocycles. The van der Waals surface area contributed by atoms with Crippen molar-refractivity contribution in [3.63, 3.8) is 0 Å². The summed E-state index contributed by atoms with van der Waals surface area (Å²) in [6, 6.07) is 20.7. The van der Waals surface area contributed by atoms with Gasteiger partial charge in [-0.15, -0.1) is 0 Å². The quantitative estimate of drug-likeness (QED) is 0.437. The maximum absolute atomic E-state index is 13.0. The number of aliphatic imine (C=N–C) groups is 1. The number of nitrogens with zero attached hydrogens (tertiary/aromatic N) is 3. The Labute approximate surface area is 190 Å². The fraction of sp³-hybridized carbons (Fsp3) is 0.125. The second-order valence-electron chi connectivity index (χ2n) is 6.66. The molecule has 7 heteroatoms. The average Bonchev–Trinajstić information content (AvgIpc) is 3.08. The second-order valence-corrected chi connectivity index (χ2v) is 8.08. The molecule has 0 atom stereocenters. The monoisotopic (exact) mass is 449 g/mol. The molecule has 1 saturated heterocycles. The number of halogens is 1. The van der Waals surface area contributed by atoms with Crippen molar-refractivity contribution < 1.29 is 9.53 Å². The van der Waals surface area contributed by atoms with Crippen LogP contribution in [0.2, 0.25) is 5.02 Å². The number of aromatic nitrogens is 1. The van der Waals surface area contributed by atoms with Crippen molar-refractivity contribution in [3.05, 3.63) is 94.0 Å². The Kier molecular flexibility index (Phi) is 6.70. The molecule has 5 nitrogen and oxygen atoms in total. The summed E-state index contributed by atoms with van der Waals surface area (Å²) in [5.74, 6) is 1.17. The van der Waals surface area contributed by atoms with E-state index in [1.54, 1.807) is 11.1 Å². The minimum Gasteiger partial charge on any atom is -0.488 e. The van der Waals surface area contributed by atoms with Crippen LogP contribution in [0.1, 0.15) is 18.1 Å². The summed E-state index contributed by atoms with van der Waals surface area (Å²) in [4.78, 5) is 24.0. The molecule has 1 fully saturated rings. The molecule has 2 aromatic carbocycles. The molecular formula is C24H20ClN3O2S. The van der Waals surface area contributed by atoms with E-state index in [0.717, 1.165) is 11.1 Å². The topological polar surface area (TPSA) is 54.8 Å². The third kappa shape index (κ3) is 4.98. The predicted octanol–water partition coefficient (Wildman–Crippen LogP) is 5.94. The third-order valence-electron chi connectivity index (χ3n) is 4.61. The molecule has 1 aliphatic rings. The van der Waals surface area contributed by atoms with E-state index < -0.39 is 0 Å². The highest BCUT2D eigenvalue weighted by molar-refractivity contribution is 8.18. The van der Waals surface area contributed by atoms with Crippen molar-refractivity contribution in [2.75, 3.05) is 6.54 Å². The molecule has 31 heavy (non-hydrogen) atoms. The van der Waals surface area contributed by atoms with Gasteiger partial charge in [-0.05, 0) is 49.0 Å². The number of para-hydroxylation sites is 1. The van der Waals surface area contributed by atoms with Gasteiger partial charge >= 0.3 is 0 Å². The smallest absolute Gasteiger partial charge is 0.266 e. The number of ether oxygens (including phenoxy) is 1. The Balaban J connectivity index is 1.59. The fourth-order valence-electron chi connectivity index (χ4n) is 3.03. The third-order valence-corrected chi connectivity index (χ3v) is 5.99. The van der Waals surface area contributed by atoms with E-state index in [-0.39, 0.29) is 5.91 Å². The maximum Gasteiger partial charge on any atom is 0.266 e. The zero-order valence-corrected chi connectivity index (χ0v) is 18.4. The van der Waals surface area contributed by atoms with Gasteiger partial charge in [-0.1, -0.05) is 54.1 Å². The van der Waals surface area contributed by atoms with E-state index in [1.165, 1.54) is 11.8 Å². The molecule has 0 spiro atoms. The number of thioether (sulfide) groups is 1. The van der Waals surface area contributed by atoms with E-state index in [9.17, 15) is 4.79 Å². The van der Waals surface area contributed by atoms with Crippen molar-refractivity contribution in [2.45, 2.75) is 13.5 Å². The van der Waals surface area contributed by atoms with Crippen LogP contribution in [-0.4, -0.2) is 27.5 Å². The van der Waals surface area contributed by atoms with E-state index in [1.807, 2.05) is 79.7 Å². The van der Waals surface area contributed by atoms with Gasteiger partial charge < -0.3 is 4.74 Å². The lowest BCUT2D eigenvalue weighted by molar-refractivity contribution is -0.122. The summed E-state index contributed by atoms with van der Waals surface area (Å²) in [6.07, 6.45) is 3.53. The van der Waals surface area contributed by atoms with Crippen LogP contribution in [0, 0.1) is 0 Å². The fourth-order valence-corrected chi connectivity index (χ4v) is 4.26. The van der Waals surface area contributed by atoms with Crippen LogP contribution in [-0.2, 0) is 11.4 Å². The summed E-state index contributed by atoms with van der Waals surface area (Å²) in [5, 5.41) is 1.28. The highest BCUT2D eigenvalue weighted by atomic mass is 35.5. The van der Waals surface area contributed by atoms with Crippen LogP contribution >= 0.6 is 23.4 Å². The van der Waals surface area contributed by atoms with Gasteiger partial charge in [-0.25, -0.2) is 9.98 Å². The maximum atomic E-state index is 13.0. The number of rotatable bonds is 6. The molecule has 0 unspecified atom stereocenters. The van der Waals surface area contributed by atoms with E-state index in [2.05, 4.69) is 9.98 Å². The summed E-state index contributed by atoms with van der Waals surface area (Å²) >= 11 is 7.58. The van der Waals surface area contributed by atoms with Crippen molar-refractivity contribution in [2.24, 2.45) is 4.99 Å². The lowest BCUT2D eigenvalue weighted by Crippen LogP contribution is -2.28. The predicted molar refractivity (Wildman–Crippen MR) is 127 cm³/mol. The Bertz CT molecular complexity index is 1150. The first-order valence-corrected chi connectivity index (χ1v) is 11.0. The van der Waals surface area contributed by atoms with Crippen molar-refractivity contribution >= 4 is 46.3 Å². The van der Waals surface area contributed by atoms with Crippen LogP contribution in [0.15, 0.2) is 82.8 Å². The highest BCUT2D eigenvalue weighted by Gasteiger charge is 2.32. The van der Waals surface area contributed by atoms with Crippen LogP contribution in [0.25, 0.3) is 6.08 Å². The Morgan fingerprint density at radius 1 is 1.10 bits per heavy atom. The number of hydrogen-bond acceptors (Lipinski definition) is 5. The number of amidine groups is 1. The van der Waals surface area contributed by atoms with Crippen LogP contribution in [0.5, 0.6) is 5.75 Å². The number of amides is 1. The number of hydrogen-bond donors (Lipinski definition) is 0. The van der Waals surface area contributed by atoms with Crippen LogP contribution < -0.4 is 4.74 Å². The van der Waals surface area contributed by atoms with Crippen molar-refractivity contribution in [1.29, 1.82) is 0 Å². The molecule has 1 aliphatic heterocycles. The standard InChI is InChI=1S/C24H20ClN3O2S/c1-2-28-23(29)21(31-24(28)27-22-13-7-8-14-26-22)15-17-9-4-6-12-20(17)30-16-18-10-3-5-11-19(18)25/h3-15H,2,16H2,1H3/b21-15-,27-24+. The first kappa shape index (κ1) is 21.2. The number of carbonyl (C=O) groups excluding carboxylic acids is 1. The van der Waals surface area contributed by atoms with Crippen LogP contribution in [0.4, 0.5) is 5.82 Å². The van der Waals surface area contributed by atoms with Gasteiger partial charge in [-0.2, -0.15) is 0 Å². The minimum absolute atomic E-state index is 0.0805. The number of pyridine rings is 1. The van der Waals surface area contributed by atoms with Gasteiger partial charge in [0.05, 0.1) is 4.91 Å². The first-order chi connectivity index (χ1) is 15.2. The molecule has 1 aromatic heterocycles. The van der Waals surface area contributed by atoms with E-state index in [0.29, 0.717) is 39.8 Å². The Morgan fingerprint density at radius 3 is 2.65 bits per heavy atom. The molecule has 0 saturated carbocycles. The van der Waals surface area contributed by atoms with Gasteiger partial charge in [0, 0.05) is 28.9 Å². The second kappa shape index (κ2) is 9.81. The molecule has 0 radical (unpaired) electrons. The molecule has 4 rings (SSSR count). The van der Waals surface area contributed by atoms with Gasteiger partial charge in [0.2, 0.25) is 0 Å². The zero-order chi connectivity index (χ0) is 21.6. The van der Waals surface area contributed by atoms with Crippen molar-refractivity contribution in [3.8, 4) is 5.75 Å². The summed E-state index contributed by atoms with van der Waals surface area (Å²) < 4.78 is 6.02. The molecule has 156 valence electrons. The molecule has 3 aromatic rings. The molecule has 0 bridgehead atoms. The minimum atomic E-state index is -0.0805. The van der Waals surface area contributed by atoms with Gasteiger partial charge in [0.25, 0.3) is 5.91 Å². The van der Waals surface area contributed by atoms with Crippen molar-refractivity contribution in [1.82, 2.24) is 9.88 Å². The summed E-state index contributed by atoms with van der Waals surface area (Å²) in [6.45, 7) is 2.80. The molecule has 0 N–H and O–H groups in total. The number of carbonyl (C=O) groups is 1. The van der Waals surface area contributed by atoms with Crippen LogP contribution in [0.3, 0.4) is 0 Å². The Hall–Kier alpha value is -3.09. The normalized spacial score (nSPS) is 16.3. The van der Waals surface area contributed by atoms with Gasteiger partial charge in [-0.3, -0.25) is 9.69 Å². The zero-order valence-electron chi connectivity index (χ0n) is 16.9. The first-order valence-electron chi connectivity index (χ1n) is 9.82. The largest absolute Gasteiger partial charge is 0.488 e. The van der Waals surface area contributed by atoms with E-state index >= 15 is 0 Å². The Morgan fingerprint density at radius 2 is 1.87 bits per heavy atom. The molecule has 1 amide bonds. The highest BCUT2D eigenvalue weighted by Crippen LogP contribution is 2.35. The van der Waals surface area contributed by atoms with E-state index in [4.69, 9.17) is 16.3 Å². The summed E-state index contributed by atoms with van der Waals surface area (Å²) in [7, 11) is 0.